The Hall–Kier alpha value is -0.120. The van der Waals surface area contributed by atoms with Crippen molar-refractivity contribution in [1.82, 2.24) is 9.80 Å². The molecular weight excluding hydrogens is 222 g/mol. The molecule has 0 aromatic heterocycles. The van der Waals surface area contributed by atoms with Gasteiger partial charge in [-0.3, -0.25) is 4.90 Å². The van der Waals surface area contributed by atoms with Gasteiger partial charge in [0.05, 0.1) is 0 Å². The largest absolute Gasteiger partial charge is 0.330 e. The molecule has 2 aliphatic rings. The summed E-state index contributed by atoms with van der Waals surface area (Å²) >= 11 is 0. The van der Waals surface area contributed by atoms with E-state index >= 15 is 0 Å². The van der Waals surface area contributed by atoms with Crippen molar-refractivity contribution in [3.8, 4) is 0 Å². The van der Waals surface area contributed by atoms with Gasteiger partial charge in [0.1, 0.15) is 0 Å². The molecule has 3 heteroatoms. The molecule has 0 aliphatic carbocycles. The first-order valence-corrected chi connectivity index (χ1v) is 7.85. The fourth-order valence-electron chi connectivity index (χ4n) is 3.62. The maximum atomic E-state index is 5.90. The first-order valence-electron chi connectivity index (χ1n) is 7.85. The van der Waals surface area contributed by atoms with Gasteiger partial charge in [0.25, 0.3) is 0 Å². The molecule has 2 fully saturated rings. The molecule has 2 saturated heterocycles. The van der Waals surface area contributed by atoms with Crippen molar-refractivity contribution in [1.29, 1.82) is 0 Å². The summed E-state index contributed by atoms with van der Waals surface area (Å²) in [7, 11) is 0. The van der Waals surface area contributed by atoms with Crippen LogP contribution in [0.25, 0.3) is 0 Å². The third-order valence-electron chi connectivity index (χ3n) is 4.66. The summed E-state index contributed by atoms with van der Waals surface area (Å²) in [4.78, 5) is 5.36. The molecule has 3 nitrogen and oxygen atoms in total. The number of hydrogen-bond acceptors (Lipinski definition) is 3. The van der Waals surface area contributed by atoms with Crippen LogP contribution in [-0.2, 0) is 0 Å². The van der Waals surface area contributed by atoms with Crippen molar-refractivity contribution in [2.45, 2.75) is 45.6 Å². The van der Waals surface area contributed by atoms with Gasteiger partial charge in [0.2, 0.25) is 0 Å². The number of nitrogens with two attached hydrogens (primary N) is 1. The summed E-state index contributed by atoms with van der Waals surface area (Å²) in [5.74, 6) is 1.51. The molecule has 18 heavy (non-hydrogen) atoms. The van der Waals surface area contributed by atoms with Crippen LogP contribution in [0.3, 0.4) is 0 Å². The lowest BCUT2D eigenvalue weighted by Crippen LogP contribution is -2.50. The first kappa shape index (κ1) is 14.3. The van der Waals surface area contributed by atoms with Gasteiger partial charge in [0, 0.05) is 25.7 Å². The Morgan fingerprint density at radius 1 is 1.22 bits per heavy atom. The van der Waals surface area contributed by atoms with Crippen molar-refractivity contribution >= 4 is 0 Å². The van der Waals surface area contributed by atoms with Gasteiger partial charge in [-0.15, -0.1) is 0 Å². The van der Waals surface area contributed by atoms with E-state index in [0.717, 1.165) is 24.4 Å². The third kappa shape index (κ3) is 3.94. The Morgan fingerprint density at radius 3 is 2.78 bits per heavy atom. The van der Waals surface area contributed by atoms with Crippen molar-refractivity contribution in [3.63, 3.8) is 0 Å². The summed E-state index contributed by atoms with van der Waals surface area (Å²) in [6, 6.07) is 0.861. The maximum absolute atomic E-state index is 5.90. The zero-order valence-electron chi connectivity index (χ0n) is 12.3. The molecule has 2 unspecified atom stereocenters. The van der Waals surface area contributed by atoms with E-state index in [1.807, 2.05) is 0 Å². The molecule has 2 aliphatic heterocycles. The molecule has 0 bridgehead atoms. The van der Waals surface area contributed by atoms with E-state index in [-0.39, 0.29) is 0 Å². The Bertz CT molecular complexity index is 242. The molecule has 2 atom stereocenters. The summed E-state index contributed by atoms with van der Waals surface area (Å²) < 4.78 is 0. The molecule has 2 rings (SSSR count). The predicted octanol–water partition coefficient (Wildman–Crippen LogP) is 1.78. The van der Waals surface area contributed by atoms with Gasteiger partial charge in [-0.05, 0) is 57.2 Å². The summed E-state index contributed by atoms with van der Waals surface area (Å²) in [6.45, 7) is 12.0. The van der Waals surface area contributed by atoms with E-state index in [1.165, 1.54) is 58.4 Å². The van der Waals surface area contributed by atoms with Crippen molar-refractivity contribution < 1.29 is 0 Å². The number of hydrogen-bond donors (Lipinski definition) is 1. The topological polar surface area (TPSA) is 32.5 Å². The Labute approximate surface area is 113 Å². The molecule has 0 spiro atoms. The Kier molecular flexibility index (Phi) is 5.46. The lowest BCUT2D eigenvalue weighted by Gasteiger charge is -2.38. The van der Waals surface area contributed by atoms with E-state index in [0.29, 0.717) is 0 Å². The van der Waals surface area contributed by atoms with Crippen LogP contribution in [0.5, 0.6) is 0 Å². The Morgan fingerprint density at radius 2 is 2.06 bits per heavy atom. The second kappa shape index (κ2) is 6.88. The van der Waals surface area contributed by atoms with E-state index < -0.39 is 0 Å². The molecule has 0 aromatic rings. The fraction of sp³-hybridized carbons (Fsp3) is 1.00. The van der Waals surface area contributed by atoms with E-state index in [4.69, 9.17) is 5.73 Å². The minimum absolute atomic E-state index is 0.728. The third-order valence-corrected chi connectivity index (χ3v) is 4.66. The lowest BCUT2D eigenvalue weighted by atomic mass is 9.94. The van der Waals surface area contributed by atoms with Crippen LogP contribution in [0, 0.1) is 11.8 Å². The first-order chi connectivity index (χ1) is 8.69. The molecule has 0 radical (unpaired) electrons. The standard InChI is InChI=1S/C15H31N3/c1-13(2)10-14(11-16)5-7-17-8-9-18-6-3-4-15(18)12-17/h13-15H,3-12,16H2,1-2H3. The molecule has 0 aromatic carbocycles. The van der Waals surface area contributed by atoms with Crippen LogP contribution in [0.4, 0.5) is 0 Å². The van der Waals surface area contributed by atoms with Gasteiger partial charge in [0.15, 0.2) is 0 Å². The Balaban J connectivity index is 1.69. The van der Waals surface area contributed by atoms with Crippen LogP contribution < -0.4 is 5.73 Å². The highest BCUT2D eigenvalue weighted by atomic mass is 15.3. The molecule has 2 heterocycles. The number of nitrogens with zero attached hydrogens (tertiary/aromatic N) is 2. The van der Waals surface area contributed by atoms with Crippen LogP contribution in [-0.4, -0.2) is 55.1 Å². The van der Waals surface area contributed by atoms with Crippen molar-refractivity contribution in [3.05, 3.63) is 0 Å². The fourth-order valence-corrected chi connectivity index (χ4v) is 3.62. The van der Waals surface area contributed by atoms with Crippen LogP contribution in [0.2, 0.25) is 0 Å². The minimum atomic E-state index is 0.728. The second-order valence-corrected chi connectivity index (χ2v) is 6.65. The van der Waals surface area contributed by atoms with Crippen molar-refractivity contribution in [2.24, 2.45) is 17.6 Å². The monoisotopic (exact) mass is 253 g/mol. The summed E-state index contributed by atoms with van der Waals surface area (Å²) in [6.07, 6.45) is 5.42. The van der Waals surface area contributed by atoms with Crippen LogP contribution >= 0.6 is 0 Å². The quantitative estimate of drug-likeness (QED) is 0.783. The van der Waals surface area contributed by atoms with Crippen LogP contribution in [0.1, 0.15) is 39.5 Å². The molecule has 106 valence electrons. The lowest BCUT2D eigenvalue weighted by molar-refractivity contribution is 0.0989. The highest BCUT2D eigenvalue weighted by Gasteiger charge is 2.30. The van der Waals surface area contributed by atoms with Crippen molar-refractivity contribution in [2.75, 3.05) is 39.3 Å². The average Bonchev–Trinajstić information content (AvgIpc) is 2.81. The van der Waals surface area contributed by atoms with Gasteiger partial charge in [-0.1, -0.05) is 13.8 Å². The average molecular weight is 253 g/mol. The highest BCUT2D eigenvalue weighted by Crippen LogP contribution is 2.22. The van der Waals surface area contributed by atoms with Gasteiger partial charge < -0.3 is 10.6 Å². The second-order valence-electron chi connectivity index (χ2n) is 6.65. The van der Waals surface area contributed by atoms with Crippen LogP contribution in [0.15, 0.2) is 0 Å². The highest BCUT2D eigenvalue weighted by molar-refractivity contribution is 4.86. The predicted molar refractivity (Wildman–Crippen MR) is 77.7 cm³/mol. The zero-order valence-corrected chi connectivity index (χ0v) is 12.3. The van der Waals surface area contributed by atoms with E-state index in [2.05, 4.69) is 23.6 Å². The summed E-state index contributed by atoms with van der Waals surface area (Å²) in [5, 5.41) is 0. The molecular formula is C15H31N3. The minimum Gasteiger partial charge on any atom is -0.330 e. The summed E-state index contributed by atoms with van der Waals surface area (Å²) in [5.41, 5.74) is 5.90. The maximum Gasteiger partial charge on any atom is 0.0224 e. The van der Waals surface area contributed by atoms with Gasteiger partial charge in [-0.25, -0.2) is 0 Å². The number of piperazine rings is 1. The normalized spacial score (nSPS) is 27.7. The SMILES string of the molecule is CC(C)CC(CN)CCN1CCN2CCCC2C1. The van der Waals surface area contributed by atoms with Gasteiger partial charge >= 0.3 is 0 Å². The molecule has 0 amide bonds. The molecule has 2 N–H and O–H groups in total. The zero-order chi connectivity index (χ0) is 13.0. The van der Waals surface area contributed by atoms with E-state index in [1.54, 1.807) is 0 Å². The van der Waals surface area contributed by atoms with E-state index in [9.17, 15) is 0 Å². The molecule has 0 saturated carbocycles. The number of fused-ring (bicyclic) bond motifs is 1. The van der Waals surface area contributed by atoms with Gasteiger partial charge in [-0.2, -0.15) is 0 Å². The smallest absolute Gasteiger partial charge is 0.0224 e. The number of rotatable bonds is 6.